The van der Waals surface area contributed by atoms with Gasteiger partial charge in [-0.05, 0) is 55.7 Å². The molecule has 0 saturated carbocycles. The highest BCUT2D eigenvalue weighted by Gasteiger charge is 2.23. The zero-order valence-corrected chi connectivity index (χ0v) is 17.4. The van der Waals surface area contributed by atoms with Crippen molar-refractivity contribution in [2.75, 3.05) is 54.0 Å². The lowest BCUT2D eigenvalue weighted by Gasteiger charge is -2.37. The molecule has 2 aromatic carbocycles. The van der Waals surface area contributed by atoms with E-state index in [1.807, 2.05) is 12.1 Å². The number of benzene rings is 2. The van der Waals surface area contributed by atoms with E-state index in [4.69, 9.17) is 21.6 Å². The van der Waals surface area contributed by atoms with Gasteiger partial charge >= 0.3 is 0 Å². The molecule has 150 valence electrons. The molecular weight excluding hydrogens is 382 g/mol. The predicted molar refractivity (Wildman–Crippen MR) is 121 cm³/mol. The summed E-state index contributed by atoms with van der Waals surface area (Å²) in [6.45, 7) is 5.95. The second-order valence-electron chi connectivity index (χ2n) is 7.86. The smallest absolute Gasteiger partial charge is 0.227 e. The van der Waals surface area contributed by atoms with Gasteiger partial charge in [-0.2, -0.15) is 4.98 Å². The number of para-hydroxylation sites is 1. The highest BCUT2D eigenvalue weighted by molar-refractivity contribution is 6.30. The second kappa shape index (κ2) is 8.07. The molecule has 2 saturated heterocycles. The van der Waals surface area contributed by atoms with Crippen LogP contribution in [0.15, 0.2) is 48.5 Å². The van der Waals surface area contributed by atoms with E-state index in [0.717, 1.165) is 67.0 Å². The topological polar surface area (TPSA) is 35.5 Å². The standard InChI is InChI=1S/C23H26ClN5/c24-18-8-10-19(11-9-18)27-14-16-28(17-15-27)22-20-6-2-3-7-21(20)25-23(26-22)29-12-4-1-5-13-29/h2-3,6-11H,1,4-5,12-17H2. The highest BCUT2D eigenvalue weighted by Crippen LogP contribution is 2.29. The van der Waals surface area contributed by atoms with Crippen molar-refractivity contribution < 1.29 is 0 Å². The summed E-state index contributed by atoms with van der Waals surface area (Å²) in [5.41, 5.74) is 2.27. The Hall–Kier alpha value is -2.53. The van der Waals surface area contributed by atoms with Gasteiger partial charge in [0.05, 0.1) is 5.52 Å². The lowest BCUT2D eigenvalue weighted by molar-refractivity contribution is 0.568. The van der Waals surface area contributed by atoms with Crippen LogP contribution in [0.5, 0.6) is 0 Å². The van der Waals surface area contributed by atoms with E-state index < -0.39 is 0 Å². The SMILES string of the molecule is Clc1ccc(N2CCN(c3nc(N4CCCCC4)nc4ccccc34)CC2)cc1. The van der Waals surface area contributed by atoms with Gasteiger partial charge in [0.15, 0.2) is 0 Å². The van der Waals surface area contributed by atoms with Crippen molar-refractivity contribution in [1.82, 2.24) is 9.97 Å². The second-order valence-corrected chi connectivity index (χ2v) is 8.30. The number of rotatable bonds is 3. The van der Waals surface area contributed by atoms with Crippen LogP contribution in [-0.2, 0) is 0 Å². The number of anilines is 3. The van der Waals surface area contributed by atoms with Crippen LogP contribution in [0.2, 0.25) is 5.02 Å². The molecular formula is C23H26ClN5. The summed E-state index contributed by atoms with van der Waals surface area (Å²) in [4.78, 5) is 17.1. The lowest BCUT2D eigenvalue weighted by Crippen LogP contribution is -2.47. The Morgan fingerprint density at radius 1 is 0.655 bits per heavy atom. The first kappa shape index (κ1) is 18.5. The molecule has 5 nitrogen and oxygen atoms in total. The van der Waals surface area contributed by atoms with Crippen molar-refractivity contribution in [3.63, 3.8) is 0 Å². The molecule has 0 unspecified atom stereocenters. The first-order valence-corrected chi connectivity index (χ1v) is 10.9. The third-order valence-corrected chi connectivity index (χ3v) is 6.23. The van der Waals surface area contributed by atoms with Crippen LogP contribution in [0, 0.1) is 0 Å². The zero-order valence-electron chi connectivity index (χ0n) is 16.6. The highest BCUT2D eigenvalue weighted by atomic mass is 35.5. The molecule has 0 radical (unpaired) electrons. The van der Waals surface area contributed by atoms with Crippen molar-refractivity contribution in [2.45, 2.75) is 19.3 Å². The molecule has 6 heteroatoms. The number of piperazine rings is 1. The van der Waals surface area contributed by atoms with Gasteiger partial charge in [0.1, 0.15) is 5.82 Å². The summed E-state index contributed by atoms with van der Waals surface area (Å²) in [6.07, 6.45) is 3.76. The summed E-state index contributed by atoms with van der Waals surface area (Å²) < 4.78 is 0. The number of fused-ring (bicyclic) bond motifs is 1. The van der Waals surface area contributed by atoms with Crippen LogP contribution in [0.4, 0.5) is 17.5 Å². The normalized spacial score (nSPS) is 17.8. The summed E-state index contributed by atoms with van der Waals surface area (Å²) in [5, 5.41) is 1.93. The molecule has 2 aliphatic rings. The van der Waals surface area contributed by atoms with Crippen molar-refractivity contribution in [1.29, 1.82) is 0 Å². The van der Waals surface area contributed by atoms with E-state index in [1.165, 1.54) is 24.9 Å². The van der Waals surface area contributed by atoms with Gasteiger partial charge in [-0.25, -0.2) is 4.98 Å². The quantitative estimate of drug-likeness (QED) is 0.634. The summed E-state index contributed by atoms with van der Waals surface area (Å²) in [7, 11) is 0. The van der Waals surface area contributed by atoms with Gasteiger partial charge in [-0.3, -0.25) is 0 Å². The minimum Gasteiger partial charge on any atom is -0.368 e. The molecule has 3 heterocycles. The molecule has 0 bridgehead atoms. The van der Waals surface area contributed by atoms with Gasteiger partial charge in [0.25, 0.3) is 0 Å². The average molecular weight is 408 g/mol. The van der Waals surface area contributed by atoms with E-state index in [0.29, 0.717) is 0 Å². The Balaban J connectivity index is 1.41. The van der Waals surface area contributed by atoms with E-state index in [-0.39, 0.29) is 0 Å². The first-order valence-electron chi connectivity index (χ1n) is 10.6. The Morgan fingerprint density at radius 2 is 1.34 bits per heavy atom. The maximum absolute atomic E-state index is 6.04. The molecule has 1 aromatic heterocycles. The van der Waals surface area contributed by atoms with E-state index >= 15 is 0 Å². The van der Waals surface area contributed by atoms with Gasteiger partial charge in [-0.1, -0.05) is 23.7 Å². The first-order chi connectivity index (χ1) is 14.3. The van der Waals surface area contributed by atoms with Crippen LogP contribution < -0.4 is 14.7 Å². The van der Waals surface area contributed by atoms with Gasteiger partial charge < -0.3 is 14.7 Å². The monoisotopic (exact) mass is 407 g/mol. The number of nitrogens with zero attached hydrogens (tertiary/aromatic N) is 5. The summed E-state index contributed by atoms with van der Waals surface area (Å²) in [5.74, 6) is 1.96. The number of hydrogen-bond acceptors (Lipinski definition) is 5. The van der Waals surface area contributed by atoms with E-state index in [1.54, 1.807) is 0 Å². The summed E-state index contributed by atoms with van der Waals surface area (Å²) >= 11 is 6.04. The molecule has 0 atom stereocenters. The maximum Gasteiger partial charge on any atom is 0.227 e. The molecule has 3 aromatic rings. The minimum absolute atomic E-state index is 0.782. The molecule has 0 spiro atoms. The molecule has 0 amide bonds. The van der Waals surface area contributed by atoms with Crippen molar-refractivity contribution in [3.05, 3.63) is 53.6 Å². The molecule has 5 rings (SSSR count). The van der Waals surface area contributed by atoms with Crippen LogP contribution in [0.1, 0.15) is 19.3 Å². The largest absolute Gasteiger partial charge is 0.368 e. The Bertz CT molecular complexity index is 976. The van der Waals surface area contributed by atoms with Crippen molar-refractivity contribution in [3.8, 4) is 0 Å². The maximum atomic E-state index is 6.04. The van der Waals surface area contributed by atoms with Crippen LogP contribution >= 0.6 is 11.6 Å². The Kier molecular flexibility index (Phi) is 5.15. The molecule has 0 aliphatic carbocycles. The minimum atomic E-state index is 0.782. The van der Waals surface area contributed by atoms with Gasteiger partial charge in [0.2, 0.25) is 5.95 Å². The fraction of sp³-hybridized carbons (Fsp3) is 0.391. The van der Waals surface area contributed by atoms with Crippen LogP contribution in [0.3, 0.4) is 0 Å². The van der Waals surface area contributed by atoms with E-state index in [9.17, 15) is 0 Å². The van der Waals surface area contributed by atoms with Crippen LogP contribution in [-0.4, -0.2) is 49.2 Å². The summed E-state index contributed by atoms with van der Waals surface area (Å²) in [6, 6.07) is 16.5. The molecule has 0 N–H and O–H groups in total. The third kappa shape index (κ3) is 3.84. The lowest BCUT2D eigenvalue weighted by atomic mass is 10.1. The predicted octanol–water partition coefficient (Wildman–Crippen LogP) is 4.60. The van der Waals surface area contributed by atoms with Gasteiger partial charge in [0, 0.05) is 55.4 Å². The fourth-order valence-corrected chi connectivity index (χ4v) is 4.48. The third-order valence-electron chi connectivity index (χ3n) is 5.98. The number of hydrogen-bond donors (Lipinski definition) is 0. The molecule has 2 fully saturated rings. The number of piperidine rings is 1. The number of halogens is 1. The van der Waals surface area contributed by atoms with Gasteiger partial charge in [-0.15, -0.1) is 0 Å². The Morgan fingerprint density at radius 3 is 2.10 bits per heavy atom. The average Bonchev–Trinajstić information content (AvgIpc) is 2.80. The fourth-order valence-electron chi connectivity index (χ4n) is 4.35. The molecule has 29 heavy (non-hydrogen) atoms. The van der Waals surface area contributed by atoms with E-state index in [2.05, 4.69) is 51.1 Å². The van der Waals surface area contributed by atoms with Crippen molar-refractivity contribution >= 4 is 40.0 Å². The van der Waals surface area contributed by atoms with Crippen molar-refractivity contribution in [2.24, 2.45) is 0 Å². The number of aromatic nitrogens is 2. The Labute approximate surface area is 176 Å². The molecule has 2 aliphatic heterocycles. The zero-order chi connectivity index (χ0) is 19.6. The van der Waals surface area contributed by atoms with Crippen LogP contribution in [0.25, 0.3) is 10.9 Å².